The standard InChI is InChI=1S/C20H17F2N3O2/c1-27-14-4-2-3-12(9-14)18-19(17(24-25-18)11-5-6-11)23-20(26)15-8-7-13(21)10-16(15)22/h2-4,7-11H,5-6H2,1H3,(H,23,26)(H,24,25). The maximum atomic E-state index is 14.0. The van der Waals surface area contributed by atoms with Crippen molar-refractivity contribution < 1.29 is 18.3 Å². The molecular formula is C20H17F2N3O2. The van der Waals surface area contributed by atoms with Gasteiger partial charge in [-0.25, -0.2) is 8.78 Å². The molecule has 27 heavy (non-hydrogen) atoms. The number of rotatable bonds is 5. The van der Waals surface area contributed by atoms with Crippen LogP contribution in [-0.2, 0) is 0 Å². The van der Waals surface area contributed by atoms with Crippen molar-refractivity contribution in [3.8, 4) is 17.0 Å². The number of anilines is 1. The highest BCUT2D eigenvalue weighted by Crippen LogP contribution is 2.45. The van der Waals surface area contributed by atoms with E-state index in [1.165, 1.54) is 0 Å². The van der Waals surface area contributed by atoms with Crippen LogP contribution in [-0.4, -0.2) is 23.2 Å². The highest BCUT2D eigenvalue weighted by Gasteiger charge is 2.31. The Labute approximate surface area is 154 Å². The Balaban J connectivity index is 1.72. The van der Waals surface area contributed by atoms with Crippen molar-refractivity contribution >= 4 is 11.6 Å². The van der Waals surface area contributed by atoms with E-state index in [9.17, 15) is 13.6 Å². The van der Waals surface area contributed by atoms with E-state index in [0.717, 1.165) is 36.2 Å². The van der Waals surface area contributed by atoms with Crippen LogP contribution in [0.2, 0.25) is 0 Å². The molecule has 4 rings (SSSR count). The van der Waals surface area contributed by atoms with Gasteiger partial charge in [0.15, 0.2) is 0 Å². The smallest absolute Gasteiger partial charge is 0.258 e. The number of aromatic nitrogens is 2. The number of hydrogen-bond donors (Lipinski definition) is 2. The van der Waals surface area contributed by atoms with Crippen molar-refractivity contribution in [1.29, 1.82) is 0 Å². The molecule has 0 aliphatic heterocycles. The predicted molar refractivity (Wildman–Crippen MR) is 96.9 cm³/mol. The van der Waals surface area contributed by atoms with Crippen molar-refractivity contribution in [2.75, 3.05) is 12.4 Å². The van der Waals surface area contributed by atoms with Gasteiger partial charge in [0, 0.05) is 17.5 Å². The van der Waals surface area contributed by atoms with E-state index in [1.807, 2.05) is 18.2 Å². The van der Waals surface area contributed by atoms with E-state index in [4.69, 9.17) is 4.74 Å². The minimum absolute atomic E-state index is 0.226. The van der Waals surface area contributed by atoms with Gasteiger partial charge in [0.1, 0.15) is 23.1 Å². The van der Waals surface area contributed by atoms with E-state index in [0.29, 0.717) is 23.2 Å². The van der Waals surface area contributed by atoms with Gasteiger partial charge in [-0.1, -0.05) is 12.1 Å². The van der Waals surface area contributed by atoms with Gasteiger partial charge in [-0.3, -0.25) is 9.89 Å². The fourth-order valence-corrected chi connectivity index (χ4v) is 2.98. The third-order valence-electron chi connectivity index (χ3n) is 4.54. The SMILES string of the molecule is COc1cccc(-c2n[nH]c(C3CC3)c2NC(=O)c2ccc(F)cc2F)c1. The fraction of sp³-hybridized carbons (Fsp3) is 0.200. The lowest BCUT2D eigenvalue weighted by molar-refractivity contribution is 0.102. The highest BCUT2D eigenvalue weighted by atomic mass is 19.1. The zero-order chi connectivity index (χ0) is 19.0. The monoisotopic (exact) mass is 369 g/mol. The van der Waals surface area contributed by atoms with E-state index < -0.39 is 17.5 Å². The number of carbonyl (C=O) groups is 1. The molecule has 1 saturated carbocycles. The van der Waals surface area contributed by atoms with Gasteiger partial charge in [-0.2, -0.15) is 5.10 Å². The molecule has 1 fully saturated rings. The molecule has 0 unspecified atom stereocenters. The number of nitrogens with one attached hydrogen (secondary N) is 2. The molecule has 0 spiro atoms. The maximum absolute atomic E-state index is 14.0. The highest BCUT2D eigenvalue weighted by molar-refractivity contribution is 6.06. The minimum Gasteiger partial charge on any atom is -0.497 e. The zero-order valence-electron chi connectivity index (χ0n) is 14.6. The molecule has 0 bridgehead atoms. The van der Waals surface area contributed by atoms with Crippen molar-refractivity contribution in [3.05, 3.63) is 65.4 Å². The molecule has 1 aliphatic rings. The number of halogens is 2. The number of ether oxygens (including phenoxy) is 1. The van der Waals surface area contributed by atoms with Crippen LogP contribution in [0.3, 0.4) is 0 Å². The molecule has 2 N–H and O–H groups in total. The molecule has 1 aliphatic carbocycles. The molecular weight excluding hydrogens is 352 g/mol. The molecule has 0 atom stereocenters. The average Bonchev–Trinajstić information content (AvgIpc) is 3.42. The number of hydrogen-bond acceptors (Lipinski definition) is 3. The summed E-state index contributed by atoms with van der Waals surface area (Å²) >= 11 is 0. The van der Waals surface area contributed by atoms with Gasteiger partial charge in [-0.05, 0) is 37.1 Å². The zero-order valence-corrected chi connectivity index (χ0v) is 14.6. The van der Waals surface area contributed by atoms with Crippen LogP contribution < -0.4 is 10.1 Å². The molecule has 138 valence electrons. The third kappa shape index (κ3) is 3.40. The first-order chi connectivity index (χ1) is 13.1. The third-order valence-corrected chi connectivity index (χ3v) is 4.54. The van der Waals surface area contributed by atoms with E-state index in [1.54, 1.807) is 13.2 Å². The van der Waals surface area contributed by atoms with E-state index >= 15 is 0 Å². The topological polar surface area (TPSA) is 67.0 Å². The summed E-state index contributed by atoms with van der Waals surface area (Å²) in [6.07, 6.45) is 1.99. The Hall–Kier alpha value is -3.22. The number of amides is 1. The molecule has 1 aromatic heterocycles. The number of benzene rings is 2. The summed E-state index contributed by atoms with van der Waals surface area (Å²) in [6, 6.07) is 10.2. The summed E-state index contributed by atoms with van der Waals surface area (Å²) in [5.41, 5.74) is 2.40. The first kappa shape index (κ1) is 17.2. The van der Waals surface area contributed by atoms with Crippen molar-refractivity contribution in [2.45, 2.75) is 18.8 Å². The fourth-order valence-electron chi connectivity index (χ4n) is 2.98. The molecule has 0 saturated heterocycles. The van der Waals surface area contributed by atoms with Crippen LogP contribution >= 0.6 is 0 Å². The maximum Gasteiger partial charge on any atom is 0.258 e. The number of H-pyrrole nitrogens is 1. The van der Waals surface area contributed by atoms with E-state index in [-0.39, 0.29) is 11.5 Å². The second kappa shape index (κ2) is 6.83. The Kier molecular flexibility index (Phi) is 4.35. The van der Waals surface area contributed by atoms with Crippen LogP contribution in [0.1, 0.15) is 34.8 Å². The van der Waals surface area contributed by atoms with Crippen LogP contribution in [0.4, 0.5) is 14.5 Å². The van der Waals surface area contributed by atoms with Crippen molar-refractivity contribution in [1.82, 2.24) is 10.2 Å². The van der Waals surface area contributed by atoms with Crippen molar-refractivity contribution in [2.24, 2.45) is 0 Å². The summed E-state index contributed by atoms with van der Waals surface area (Å²) in [6.45, 7) is 0. The van der Waals surface area contributed by atoms with Crippen LogP contribution in [0.15, 0.2) is 42.5 Å². The molecule has 1 amide bonds. The summed E-state index contributed by atoms with van der Waals surface area (Å²) in [5, 5.41) is 10.1. The normalized spacial score (nSPS) is 13.4. The number of nitrogens with zero attached hydrogens (tertiary/aromatic N) is 1. The van der Waals surface area contributed by atoms with E-state index in [2.05, 4.69) is 15.5 Å². The van der Waals surface area contributed by atoms with Gasteiger partial charge in [0.25, 0.3) is 5.91 Å². The summed E-state index contributed by atoms with van der Waals surface area (Å²) < 4.78 is 32.4. The van der Waals surface area contributed by atoms with Crippen molar-refractivity contribution in [3.63, 3.8) is 0 Å². The van der Waals surface area contributed by atoms with Gasteiger partial charge >= 0.3 is 0 Å². The van der Waals surface area contributed by atoms with Gasteiger partial charge < -0.3 is 10.1 Å². The molecule has 2 aromatic carbocycles. The molecule has 0 radical (unpaired) electrons. The number of methoxy groups -OCH3 is 1. The van der Waals surface area contributed by atoms with Crippen LogP contribution in [0, 0.1) is 11.6 Å². The summed E-state index contributed by atoms with van der Waals surface area (Å²) in [5.74, 6) is -1.36. The van der Waals surface area contributed by atoms with Gasteiger partial charge in [0.05, 0.1) is 24.1 Å². The first-order valence-electron chi connectivity index (χ1n) is 8.56. The molecule has 1 heterocycles. The average molecular weight is 369 g/mol. The Bertz CT molecular complexity index is 1010. The lowest BCUT2D eigenvalue weighted by Gasteiger charge is -2.10. The lowest BCUT2D eigenvalue weighted by Crippen LogP contribution is -2.15. The second-order valence-electron chi connectivity index (χ2n) is 6.45. The van der Waals surface area contributed by atoms with Crippen LogP contribution in [0.5, 0.6) is 5.75 Å². The van der Waals surface area contributed by atoms with Crippen LogP contribution in [0.25, 0.3) is 11.3 Å². The van der Waals surface area contributed by atoms with Gasteiger partial charge in [0.2, 0.25) is 0 Å². The van der Waals surface area contributed by atoms with Gasteiger partial charge in [-0.15, -0.1) is 0 Å². The Morgan fingerprint density at radius 3 is 2.74 bits per heavy atom. The Morgan fingerprint density at radius 2 is 2.04 bits per heavy atom. The Morgan fingerprint density at radius 1 is 1.22 bits per heavy atom. The quantitative estimate of drug-likeness (QED) is 0.696. The first-order valence-corrected chi connectivity index (χ1v) is 8.56. The summed E-state index contributed by atoms with van der Waals surface area (Å²) in [4.78, 5) is 12.6. The minimum atomic E-state index is -0.910. The summed E-state index contributed by atoms with van der Waals surface area (Å²) in [7, 11) is 1.57. The molecule has 5 nitrogen and oxygen atoms in total. The second-order valence-corrected chi connectivity index (χ2v) is 6.45. The molecule has 3 aromatic rings. The number of carbonyl (C=O) groups excluding carboxylic acids is 1. The predicted octanol–water partition coefficient (Wildman–Crippen LogP) is 4.49. The molecule has 7 heteroatoms. The number of aromatic amines is 1. The lowest BCUT2D eigenvalue weighted by atomic mass is 10.1. The largest absolute Gasteiger partial charge is 0.497 e.